The van der Waals surface area contributed by atoms with Crippen LogP contribution >= 0.6 is 0 Å². The SMILES string of the molecule is C/C(=N/N(C)C)c1ccccc1. The van der Waals surface area contributed by atoms with Gasteiger partial charge in [0.15, 0.2) is 0 Å². The Labute approximate surface area is 73.5 Å². The fourth-order valence-electron chi connectivity index (χ4n) is 1.04. The van der Waals surface area contributed by atoms with E-state index in [1.807, 2.05) is 44.2 Å². The Morgan fingerprint density at radius 3 is 2.25 bits per heavy atom. The lowest BCUT2D eigenvalue weighted by Gasteiger charge is -2.06. The Morgan fingerprint density at radius 2 is 1.75 bits per heavy atom. The van der Waals surface area contributed by atoms with Crippen molar-refractivity contribution in [1.82, 2.24) is 5.01 Å². The lowest BCUT2D eigenvalue weighted by molar-refractivity contribution is 0.438. The first-order valence-corrected chi connectivity index (χ1v) is 3.98. The van der Waals surface area contributed by atoms with E-state index in [0.29, 0.717) is 0 Å². The summed E-state index contributed by atoms with van der Waals surface area (Å²) in [4.78, 5) is 0. The van der Waals surface area contributed by atoms with Gasteiger partial charge in [0, 0.05) is 14.1 Å². The van der Waals surface area contributed by atoms with Crippen molar-refractivity contribution in [3.63, 3.8) is 0 Å². The van der Waals surface area contributed by atoms with Crippen LogP contribution in [-0.2, 0) is 0 Å². The molecule has 0 saturated carbocycles. The molecule has 0 bridgehead atoms. The number of nitrogens with zero attached hydrogens (tertiary/aromatic N) is 2. The lowest BCUT2D eigenvalue weighted by atomic mass is 10.1. The van der Waals surface area contributed by atoms with Crippen LogP contribution in [0.3, 0.4) is 0 Å². The van der Waals surface area contributed by atoms with Gasteiger partial charge in [-0.25, -0.2) is 0 Å². The van der Waals surface area contributed by atoms with Crippen molar-refractivity contribution in [2.45, 2.75) is 6.92 Å². The number of hydrogen-bond donors (Lipinski definition) is 0. The molecule has 0 atom stereocenters. The highest BCUT2D eigenvalue weighted by Crippen LogP contribution is 2.00. The van der Waals surface area contributed by atoms with Crippen LogP contribution < -0.4 is 0 Å². The zero-order chi connectivity index (χ0) is 8.97. The topological polar surface area (TPSA) is 15.6 Å². The molecule has 12 heavy (non-hydrogen) atoms. The Balaban J connectivity index is 2.85. The van der Waals surface area contributed by atoms with Gasteiger partial charge in [-0.1, -0.05) is 30.3 Å². The molecule has 1 rings (SSSR count). The van der Waals surface area contributed by atoms with Gasteiger partial charge in [-0.3, -0.25) is 0 Å². The van der Waals surface area contributed by atoms with Crippen molar-refractivity contribution >= 4 is 5.71 Å². The second kappa shape index (κ2) is 3.90. The monoisotopic (exact) mass is 162 g/mol. The Morgan fingerprint density at radius 1 is 1.17 bits per heavy atom. The second-order valence-corrected chi connectivity index (χ2v) is 2.90. The molecular formula is C10H14N2. The average Bonchev–Trinajstić information content (AvgIpc) is 2.05. The van der Waals surface area contributed by atoms with Crippen LogP contribution in [0.15, 0.2) is 35.4 Å². The van der Waals surface area contributed by atoms with Crippen LogP contribution in [0.25, 0.3) is 0 Å². The summed E-state index contributed by atoms with van der Waals surface area (Å²) in [5, 5.41) is 6.11. The Hall–Kier alpha value is -1.31. The molecule has 64 valence electrons. The van der Waals surface area contributed by atoms with E-state index in [2.05, 4.69) is 17.2 Å². The lowest BCUT2D eigenvalue weighted by Crippen LogP contribution is -2.06. The Kier molecular flexibility index (Phi) is 2.86. The molecule has 0 aliphatic rings. The molecule has 2 nitrogen and oxygen atoms in total. The molecular weight excluding hydrogens is 148 g/mol. The third-order valence-corrected chi connectivity index (χ3v) is 1.54. The van der Waals surface area contributed by atoms with E-state index in [1.54, 1.807) is 0 Å². The van der Waals surface area contributed by atoms with Crippen molar-refractivity contribution < 1.29 is 0 Å². The molecule has 2 heteroatoms. The smallest absolute Gasteiger partial charge is 0.0646 e. The zero-order valence-electron chi connectivity index (χ0n) is 7.78. The van der Waals surface area contributed by atoms with Crippen molar-refractivity contribution in [3.05, 3.63) is 35.9 Å². The molecule has 0 N–H and O–H groups in total. The highest BCUT2D eigenvalue weighted by molar-refractivity contribution is 5.98. The number of benzene rings is 1. The van der Waals surface area contributed by atoms with Gasteiger partial charge in [0.2, 0.25) is 0 Å². The van der Waals surface area contributed by atoms with Crippen molar-refractivity contribution in [3.8, 4) is 0 Å². The van der Waals surface area contributed by atoms with E-state index in [9.17, 15) is 0 Å². The van der Waals surface area contributed by atoms with Gasteiger partial charge < -0.3 is 5.01 Å². The summed E-state index contributed by atoms with van der Waals surface area (Å²) in [5.41, 5.74) is 2.21. The van der Waals surface area contributed by atoms with E-state index < -0.39 is 0 Å². The first-order valence-electron chi connectivity index (χ1n) is 3.98. The van der Waals surface area contributed by atoms with E-state index >= 15 is 0 Å². The van der Waals surface area contributed by atoms with Gasteiger partial charge in [-0.15, -0.1) is 0 Å². The van der Waals surface area contributed by atoms with E-state index in [-0.39, 0.29) is 0 Å². The predicted octanol–water partition coefficient (Wildman–Crippen LogP) is 1.97. The highest BCUT2D eigenvalue weighted by atomic mass is 15.4. The first-order chi connectivity index (χ1) is 5.70. The minimum Gasteiger partial charge on any atom is -0.303 e. The fraction of sp³-hybridized carbons (Fsp3) is 0.300. The maximum Gasteiger partial charge on any atom is 0.0646 e. The quantitative estimate of drug-likeness (QED) is 0.479. The molecule has 0 heterocycles. The van der Waals surface area contributed by atoms with Crippen molar-refractivity contribution in [1.29, 1.82) is 0 Å². The Bertz CT molecular complexity index is 262. The van der Waals surface area contributed by atoms with Crippen LogP contribution in [-0.4, -0.2) is 24.8 Å². The van der Waals surface area contributed by atoms with Crippen LogP contribution in [0.2, 0.25) is 0 Å². The summed E-state index contributed by atoms with van der Waals surface area (Å²) in [7, 11) is 3.85. The van der Waals surface area contributed by atoms with Crippen molar-refractivity contribution in [2.24, 2.45) is 5.10 Å². The molecule has 0 aliphatic carbocycles. The van der Waals surface area contributed by atoms with Crippen LogP contribution in [0.4, 0.5) is 0 Å². The number of hydrazone groups is 1. The van der Waals surface area contributed by atoms with Crippen LogP contribution in [0, 0.1) is 0 Å². The van der Waals surface area contributed by atoms with Crippen LogP contribution in [0.1, 0.15) is 12.5 Å². The molecule has 1 aromatic rings. The van der Waals surface area contributed by atoms with E-state index in [1.165, 1.54) is 5.56 Å². The summed E-state index contributed by atoms with van der Waals surface area (Å²) in [6.07, 6.45) is 0. The third-order valence-electron chi connectivity index (χ3n) is 1.54. The predicted molar refractivity (Wildman–Crippen MR) is 52.3 cm³/mol. The maximum absolute atomic E-state index is 4.30. The maximum atomic E-state index is 4.30. The minimum atomic E-state index is 1.04. The van der Waals surface area contributed by atoms with E-state index in [0.717, 1.165) is 5.71 Å². The molecule has 0 amide bonds. The van der Waals surface area contributed by atoms with Gasteiger partial charge in [-0.05, 0) is 12.5 Å². The van der Waals surface area contributed by atoms with Crippen molar-refractivity contribution in [2.75, 3.05) is 14.1 Å². The fourth-order valence-corrected chi connectivity index (χ4v) is 1.04. The summed E-state index contributed by atoms with van der Waals surface area (Å²) >= 11 is 0. The third kappa shape index (κ3) is 2.38. The standard InChI is InChI=1S/C10H14N2/c1-9(11-12(2)3)10-7-5-4-6-8-10/h4-8H,1-3H3/b11-9-. The van der Waals surface area contributed by atoms with Gasteiger partial charge in [0.1, 0.15) is 0 Å². The van der Waals surface area contributed by atoms with Gasteiger partial charge in [0.05, 0.1) is 5.71 Å². The molecule has 0 fully saturated rings. The number of rotatable bonds is 2. The summed E-state index contributed by atoms with van der Waals surface area (Å²) in [6, 6.07) is 10.2. The molecule has 0 aromatic heterocycles. The van der Waals surface area contributed by atoms with E-state index in [4.69, 9.17) is 0 Å². The minimum absolute atomic E-state index is 1.04. The molecule has 0 spiro atoms. The van der Waals surface area contributed by atoms with Crippen LogP contribution in [0.5, 0.6) is 0 Å². The van der Waals surface area contributed by atoms with Gasteiger partial charge >= 0.3 is 0 Å². The molecule has 0 saturated heterocycles. The first kappa shape index (κ1) is 8.78. The van der Waals surface area contributed by atoms with Gasteiger partial charge in [-0.2, -0.15) is 5.10 Å². The molecule has 0 radical (unpaired) electrons. The highest BCUT2D eigenvalue weighted by Gasteiger charge is 1.94. The van der Waals surface area contributed by atoms with Gasteiger partial charge in [0.25, 0.3) is 0 Å². The summed E-state index contributed by atoms with van der Waals surface area (Å²) in [6.45, 7) is 2.01. The zero-order valence-corrected chi connectivity index (χ0v) is 7.78. The number of hydrogen-bond acceptors (Lipinski definition) is 2. The molecule has 1 aromatic carbocycles. The molecule has 0 aliphatic heterocycles. The second-order valence-electron chi connectivity index (χ2n) is 2.90. The molecule has 0 unspecified atom stereocenters. The normalized spacial score (nSPS) is 11.4. The average molecular weight is 162 g/mol. The summed E-state index contributed by atoms with van der Waals surface area (Å²) < 4.78 is 0. The largest absolute Gasteiger partial charge is 0.303 e. The summed E-state index contributed by atoms with van der Waals surface area (Å²) in [5.74, 6) is 0.